The van der Waals surface area contributed by atoms with E-state index in [1.54, 1.807) is 11.2 Å². The number of hydrogen-bond donors (Lipinski definition) is 1. The number of halogens is 1. The van der Waals surface area contributed by atoms with Crippen molar-refractivity contribution >= 4 is 33.4 Å². The van der Waals surface area contributed by atoms with Gasteiger partial charge in [0.05, 0.1) is 0 Å². The monoisotopic (exact) mass is 405 g/mol. The van der Waals surface area contributed by atoms with Crippen LogP contribution in [0, 0.1) is 5.92 Å². The molecule has 1 aliphatic rings. The number of nitrogens with one attached hydrogen (secondary N) is 1. The van der Waals surface area contributed by atoms with E-state index in [2.05, 4.69) is 31.4 Å². The van der Waals surface area contributed by atoms with Crippen molar-refractivity contribution in [3.63, 3.8) is 0 Å². The van der Waals surface area contributed by atoms with Crippen LogP contribution in [-0.2, 0) is 22.6 Å². The van der Waals surface area contributed by atoms with E-state index >= 15 is 0 Å². The van der Waals surface area contributed by atoms with Gasteiger partial charge in [0.1, 0.15) is 18.1 Å². The second-order valence-electron chi connectivity index (χ2n) is 5.89. The molecule has 132 valence electrons. The zero-order valence-corrected chi connectivity index (χ0v) is 15.6. The highest BCUT2D eigenvalue weighted by molar-refractivity contribution is 9.10. The number of rotatable bonds is 6. The van der Waals surface area contributed by atoms with Crippen LogP contribution < -0.4 is 10.2 Å². The number of amides is 2. The Hall–Kier alpha value is -2.22. The molecule has 2 heterocycles. The smallest absolute Gasteiger partial charge is 0.239 e. The maximum Gasteiger partial charge on any atom is 0.239 e. The van der Waals surface area contributed by atoms with E-state index in [9.17, 15) is 9.59 Å². The molecule has 1 unspecified atom stereocenters. The number of anilines is 1. The third kappa shape index (κ3) is 3.89. The summed E-state index contributed by atoms with van der Waals surface area (Å²) in [6.07, 6.45) is 2.80. The van der Waals surface area contributed by atoms with Crippen LogP contribution in [0.3, 0.4) is 0 Å². The normalized spacial score (nSPS) is 17.1. The van der Waals surface area contributed by atoms with Crippen molar-refractivity contribution in [1.82, 2.24) is 20.1 Å². The van der Waals surface area contributed by atoms with E-state index in [1.807, 2.05) is 35.8 Å². The molecule has 0 saturated carbocycles. The Morgan fingerprint density at radius 3 is 3.04 bits per heavy atom. The minimum Gasteiger partial charge on any atom is -0.355 e. The van der Waals surface area contributed by atoms with E-state index < -0.39 is 5.92 Å². The van der Waals surface area contributed by atoms with Crippen LogP contribution in [0.15, 0.2) is 35.1 Å². The van der Waals surface area contributed by atoms with Gasteiger partial charge < -0.3 is 14.8 Å². The highest BCUT2D eigenvalue weighted by Crippen LogP contribution is 2.27. The lowest BCUT2D eigenvalue weighted by Gasteiger charge is -2.17. The predicted octanol–water partition coefficient (Wildman–Crippen LogP) is 1.77. The molecule has 1 aromatic heterocycles. The summed E-state index contributed by atoms with van der Waals surface area (Å²) >= 11 is 3.41. The lowest BCUT2D eigenvalue weighted by molar-refractivity contribution is -0.132. The molecule has 0 spiro atoms. The molecule has 1 N–H and O–H groups in total. The SMILES string of the molecule is CCn1cnnc1CCNC(=O)C1CCN(c2cccc(Br)c2)C1=O. The van der Waals surface area contributed by atoms with Gasteiger partial charge in [-0.1, -0.05) is 22.0 Å². The van der Waals surface area contributed by atoms with E-state index in [0.29, 0.717) is 25.9 Å². The third-order valence-electron chi connectivity index (χ3n) is 4.33. The fraction of sp³-hybridized carbons (Fsp3) is 0.412. The van der Waals surface area contributed by atoms with Gasteiger partial charge in [0, 0.05) is 36.2 Å². The van der Waals surface area contributed by atoms with Gasteiger partial charge in [0.2, 0.25) is 11.8 Å². The maximum absolute atomic E-state index is 12.6. The first kappa shape index (κ1) is 17.6. The fourth-order valence-corrected chi connectivity index (χ4v) is 3.37. The minimum absolute atomic E-state index is 0.146. The van der Waals surface area contributed by atoms with Gasteiger partial charge in [-0.3, -0.25) is 9.59 Å². The van der Waals surface area contributed by atoms with Crippen LogP contribution >= 0.6 is 15.9 Å². The Morgan fingerprint density at radius 1 is 1.44 bits per heavy atom. The second kappa shape index (κ2) is 7.77. The van der Waals surface area contributed by atoms with Crippen molar-refractivity contribution in [2.75, 3.05) is 18.0 Å². The van der Waals surface area contributed by atoms with E-state index in [1.165, 1.54) is 0 Å². The Bertz CT molecular complexity index is 776. The maximum atomic E-state index is 12.6. The summed E-state index contributed by atoms with van der Waals surface area (Å²) in [6.45, 7) is 3.80. The Labute approximate surface area is 154 Å². The molecule has 2 aromatic rings. The lowest BCUT2D eigenvalue weighted by Crippen LogP contribution is -2.37. The molecule has 1 saturated heterocycles. The quantitative estimate of drug-likeness (QED) is 0.742. The zero-order valence-electron chi connectivity index (χ0n) is 14.0. The predicted molar refractivity (Wildman–Crippen MR) is 97.0 cm³/mol. The summed E-state index contributed by atoms with van der Waals surface area (Å²) in [6, 6.07) is 7.55. The molecule has 3 rings (SSSR count). The topological polar surface area (TPSA) is 80.1 Å². The largest absolute Gasteiger partial charge is 0.355 e. The molecule has 8 heteroatoms. The summed E-state index contributed by atoms with van der Waals surface area (Å²) in [5.74, 6) is -0.156. The van der Waals surface area contributed by atoms with Crippen molar-refractivity contribution in [2.24, 2.45) is 5.92 Å². The lowest BCUT2D eigenvalue weighted by atomic mass is 10.1. The molecular weight excluding hydrogens is 386 g/mol. The van der Waals surface area contributed by atoms with Crippen LogP contribution in [0.4, 0.5) is 5.69 Å². The zero-order chi connectivity index (χ0) is 17.8. The third-order valence-corrected chi connectivity index (χ3v) is 4.82. The molecule has 0 radical (unpaired) electrons. The number of aryl methyl sites for hydroxylation is 1. The summed E-state index contributed by atoms with van der Waals surface area (Å²) in [7, 11) is 0. The average Bonchev–Trinajstić information content (AvgIpc) is 3.21. The molecular formula is C17H20BrN5O2. The van der Waals surface area contributed by atoms with Gasteiger partial charge in [-0.15, -0.1) is 10.2 Å². The molecule has 25 heavy (non-hydrogen) atoms. The molecule has 1 aromatic carbocycles. The second-order valence-corrected chi connectivity index (χ2v) is 6.80. The van der Waals surface area contributed by atoms with Crippen molar-refractivity contribution in [1.29, 1.82) is 0 Å². The van der Waals surface area contributed by atoms with E-state index in [4.69, 9.17) is 0 Å². The molecule has 1 atom stereocenters. The number of carbonyl (C=O) groups excluding carboxylic acids is 2. The Balaban J connectivity index is 1.55. The number of benzene rings is 1. The van der Waals surface area contributed by atoms with Crippen molar-refractivity contribution in [2.45, 2.75) is 26.3 Å². The number of carbonyl (C=O) groups is 2. The van der Waals surface area contributed by atoms with Crippen LogP contribution in [0.25, 0.3) is 0 Å². The van der Waals surface area contributed by atoms with Crippen molar-refractivity contribution in [3.8, 4) is 0 Å². The minimum atomic E-state index is -0.622. The first-order chi connectivity index (χ1) is 12.1. The fourth-order valence-electron chi connectivity index (χ4n) is 2.98. The molecule has 1 aliphatic heterocycles. The highest BCUT2D eigenvalue weighted by atomic mass is 79.9. The first-order valence-corrected chi connectivity index (χ1v) is 9.10. The summed E-state index contributed by atoms with van der Waals surface area (Å²) < 4.78 is 2.84. The number of hydrogen-bond acceptors (Lipinski definition) is 4. The first-order valence-electron chi connectivity index (χ1n) is 8.31. The summed E-state index contributed by atoms with van der Waals surface area (Å²) in [4.78, 5) is 26.6. The van der Waals surface area contributed by atoms with Gasteiger partial charge >= 0.3 is 0 Å². The van der Waals surface area contributed by atoms with E-state index in [0.717, 1.165) is 22.5 Å². The van der Waals surface area contributed by atoms with Gasteiger partial charge in [-0.2, -0.15) is 0 Å². The van der Waals surface area contributed by atoms with Gasteiger partial charge in [0.25, 0.3) is 0 Å². The van der Waals surface area contributed by atoms with Crippen LogP contribution in [0.2, 0.25) is 0 Å². The standard InChI is InChI=1S/C17H20BrN5O2/c1-2-22-11-20-21-15(22)6-8-19-16(24)14-7-9-23(17(14)25)13-5-3-4-12(18)10-13/h3-5,10-11,14H,2,6-9H2,1H3,(H,19,24). The van der Waals surface area contributed by atoms with Crippen LogP contribution in [0.1, 0.15) is 19.2 Å². The van der Waals surface area contributed by atoms with E-state index in [-0.39, 0.29) is 11.8 Å². The summed E-state index contributed by atoms with van der Waals surface area (Å²) in [5, 5.41) is 10.8. The Kier molecular flexibility index (Phi) is 5.47. The molecule has 1 fully saturated rings. The van der Waals surface area contributed by atoms with Crippen LogP contribution in [-0.4, -0.2) is 39.7 Å². The van der Waals surface area contributed by atoms with Crippen LogP contribution in [0.5, 0.6) is 0 Å². The average molecular weight is 406 g/mol. The molecule has 0 aliphatic carbocycles. The molecule has 7 nitrogen and oxygen atoms in total. The highest BCUT2D eigenvalue weighted by Gasteiger charge is 2.37. The van der Waals surface area contributed by atoms with Gasteiger partial charge in [-0.25, -0.2) is 0 Å². The number of aromatic nitrogens is 3. The van der Waals surface area contributed by atoms with Gasteiger partial charge in [-0.05, 0) is 31.5 Å². The molecule has 2 amide bonds. The summed E-state index contributed by atoms with van der Waals surface area (Å²) in [5.41, 5.74) is 0.811. The van der Waals surface area contributed by atoms with Gasteiger partial charge in [0.15, 0.2) is 0 Å². The number of nitrogens with zero attached hydrogens (tertiary/aromatic N) is 4. The Morgan fingerprint density at radius 2 is 2.28 bits per heavy atom. The molecule has 0 bridgehead atoms. The van der Waals surface area contributed by atoms with Crippen molar-refractivity contribution < 1.29 is 9.59 Å². The van der Waals surface area contributed by atoms with Crippen molar-refractivity contribution in [3.05, 3.63) is 40.9 Å².